The van der Waals surface area contributed by atoms with Crippen LogP contribution in [0.25, 0.3) is 0 Å². The maximum atomic E-state index is 13.5. The van der Waals surface area contributed by atoms with E-state index in [4.69, 9.17) is 5.73 Å². The van der Waals surface area contributed by atoms with Crippen molar-refractivity contribution in [1.82, 2.24) is 4.90 Å². The summed E-state index contributed by atoms with van der Waals surface area (Å²) in [5.41, 5.74) is 6.99. The van der Waals surface area contributed by atoms with Crippen LogP contribution >= 0.6 is 0 Å². The second-order valence-electron chi connectivity index (χ2n) is 9.09. The molecule has 2 N–H and O–H groups in total. The van der Waals surface area contributed by atoms with E-state index in [1.807, 2.05) is 17.0 Å². The minimum atomic E-state index is -0.192. The Hall–Kier alpha value is -1.42. The van der Waals surface area contributed by atoms with E-state index in [0.717, 1.165) is 11.8 Å². The van der Waals surface area contributed by atoms with Crippen LogP contribution in [0.5, 0.6) is 0 Å². The molecular formula is C21H27FN2O. The maximum Gasteiger partial charge on any atom is 0.223 e. The Morgan fingerprint density at radius 3 is 2.12 bits per heavy atom. The van der Waals surface area contributed by atoms with Crippen molar-refractivity contribution in [3.8, 4) is 0 Å². The predicted molar refractivity (Wildman–Crippen MR) is 94.3 cm³/mol. The minimum Gasteiger partial charge on any atom is -0.339 e. The summed E-state index contributed by atoms with van der Waals surface area (Å²) in [5.74, 6) is 2.91. The molecule has 1 aromatic rings. The Kier molecular flexibility index (Phi) is 3.50. The zero-order valence-electron chi connectivity index (χ0n) is 14.7. The summed E-state index contributed by atoms with van der Waals surface area (Å²) in [6, 6.07) is 7.20. The Labute approximate surface area is 148 Å². The third-order valence-corrected chi connectivity index (χ3v) is 7.68. The first kappa shape index (κ1) is 15.8. The van der Waals surface area contributed by atoms with Gasteiger partial charge in [-0.3, -0.25) is 4.79 Å². The molecule has 4 bridgehead atoms. The third-order valence-electron chi connectivity index (χ3n) is 7.68. The van der Waals surface area contributed by atoms with Gasteiger partial charge in [0.1, 0.15) is 5.82 Å². The molecule has 0 unspecified atom stereocenters. The quantitative estimate of drug-likeness (QED) is 0.917. The second-order valence-corrected chi connectivity index (χ2v) is 9.09. The van der Waals surface area contributed by atoms with Crippen LogP contribution in [0.4, 0.5) is 4.39 Å². The van der Waals surface area contributed by atoms with E-state index in [1.54, 1.807) is 12.1 Å². The summed E-state index contributed by atoms with van der Waals surface area (Å²) in [7, 11) is 0. The maximum absolute atomic E-state index is 13.5. The molecule has 4 aliphatic carbocycles. The van der Waals surface area contributed by atoms with E-state index >= 15 is 0 Å². The van der Waals surface area contributed by atoms with Gasteiger partial charge in [0.25, 0.3) is 0 Å². The largest absolute Gasteiger partial charge is 0.339 e. The molecule has 1 amide bonds. The summed E-state index contributed by atoms with van der Waals surface area (Å²) in [6.45, 7) is 1.39. The molecule has 0 atom stereocenters. The number of rotatable bonds is 3. The lowest BCUT2D eigenvalue weighted by Crippen LogP contribution is -2.61. The van der Waals surface area contributed by atoms with Gasteiger partial charge in [-0.2, -0.15) is 0 Å². The Morgan fingerprint density at radius 2 is 1.60 bits per heavy atom. The van der Waals surface area contributed by atoms with E-state index in [9.17, 15) is 9.18 Å². The van der Waals surface area contributed by atoms with Gasteiger partial charge < -0.3 is 10.6 Å². The Bertz CT molecular complexity index is 652. The van der Waals surface area contributed by atoms with Crippen molar-refractivity contribution in [2.45, 2.75) is 50.0 Å². The van der Waals surface area contributed by atoms with Gasteiger partial charge in [-0.1, -0.05) is 12.1 Å². The predicted octanol–water partition coefficient (Wildman–Crippen LogP) is 3.08. The van der Waals surface area contributed by atoms with Crippen molar-refractivity contribution in [3.05, 3.63) is 35.6 Å². The molecule has 25 heavy (non-hydrogen) atoms. The zero-order chi connectivity index (χ0) is 17.2. The normalized spacial score (nSPS) is 39.5. The molecule has 0 radical (unpaired) electrons. The minimum absolute atomic E-state index is 0.0854. The third kappa shape index (κ3) is 2.37. The molecule has 0 spiro atoms. The smallest absolute Gasteiger partial charge is 0.223 e. The highest BCUT2D eigenvalue weighted by atomic mass is 19.1. The van der Waals surface area contributed by atoms with E-state index in [1.165, 1.54) is 37.7 Å². The first-order valence-electron chi connectivity index (χ1n) is 9.84. The first-order valence-corrected chi connectivity index (χ1v) is 9.84. The lowest BCUT2D eigenvalue weighted by atomic mass is 9.43. The van der Waals surface area contributed by atoms with Crippen molar-refractivity contribution < 1.29 is 9.18 Å². The molecule has 3 nitrogen and oxygen atoms in total. The van der Waals surface area contributed by atoms with Crippen LogP contribution in [0.3, 0.4) is 0 Å². The number of hydrogen-bond donors (Lipinski definition) is 1. The number of carbonyl (C=O) groups excluding carboxylic acids is 1. The number of halogens is 1. The van der Waals surface area contributed by atoms with Gasteiger partial charge in [0, 0.05) is 31.0 Å². The second kappa shape index (κ2) is 5.54. The topological polar surface area (TPSA) is 46.3 Å². The molecule has 1 heterocycles. The molecule has 1 aliphatic heterocycles. The number of likely N-dealkylation sites (tertiary alicyclic amines) is 1. The summed E-state index contributed by atoms with van der Waals surface area (Å²) >= 11 is 0. The highest BCUT2D eigenvalue weighted by Gasteiger charge is 2.58. The average molecular weight is 342 g/mol. The van der Waals surface area contributed by atoms with Gasteiger partial charge in [-0.25, -0.2) is 4.39 Å². The van der Waals surface area contributed by atoms with Crippen LogP contribution in [0.2, 0.25) is 0 Å². The van der Waals surface area contributed by atoms with Crippen LogP contribution in [-0.2, 0) is 10.2 Å². The molecule has 1 aromatic carbocycles. The number of hydrogen-bond acceptors (Lipinski definition) is 2. The van der Waals surface area contributed by atoms with Gasteiger partial charge in [0.05, 0.1) is 0 Å². The number of nitrogens with two attached hydrogens (primary N) is 1. The number of benzene rings is 1. The molecule has 1 saturated heterocycles. The summed E-state index contributed by atoms with van der Waals surface area (Å²) in [4.78, 5) is 14.9. The van der Waals surface area contributed by atoms with Gasteiger partial charge in [-0.05, 0) is 73.5 Å². The van der Waals surface area contributed by atoms with Crippen molar-refractivity contribution in [2.75, 3.05) is 13.1 Å². The fraction of sp³-hybridized carbons (Fsp3) is 0.667. The summed E-state index contributed by atoms with van der Waals surface area (Å²) in [6.07, 6.45) is 6.96. The first-order chi connectivity index (χ1) is 12.0. The van der Waals surface area contributed by atoms with E-state index in [0.29, 0.717) is 31.3 Å². The van der Waals surface area contributed by atoms with E-state index in [2.05, 4.69) is 0 Å². The molecular weight excluding hydrogens is 315 g/mol. The number of amides is 1. The van der Waals surface area contributed by atoms with Crippen molar-refractivity contribution in [2.24, 2.45) is 29.4 Å². The molecule has 6 rings (SSSR count). The van der Waals surface area contributed by atoms with Crippen molar-refractivity contribution in [3.63, 3.8) is 0 Å². The molecule has 0 aromatic heterocycles. The molecule has 5 fully saturated rings. The fourth-order valence-corrected chi connectivity index (χ4v) is 6.73. The Balaban J connectivity index is 1.52. The van der Waals surface area contributed by atoms with Crippen LogP contribution in [-0.4, -0.2) is 29.9 Å². The van der Waals surface area contributed by atoms with Crippen molar-refractivity contribution in [1.29, 1.82) is 0 Å². The number of nitrogens with zero attached hydrogens (tertiary/aromatic N) is 1. The summed E-state index contributed by atoms with van der Waals surface area (Å²) in [5, 5.41) is 0. The number of carbonyl (C=O) groups is 1. The van der Waals surface area contributed by atoms with E-state index < -0.39 is 0 Å². The zero-order valence-corrected chi connectivity index (χ0v) is 14.7. The van der Waals surface area contributed by atoms with Gasteiger partial charge in [-0.15, -0.1) is 0 Å². The lowest BCUT2D eigenvalue weighted by molar-refractivity contribution is -0.143. The average Bonchev–Trinajstić information content (AvgIpc) is 2.55. The molecule has 4 heteroatoms. The van der Waals surface area contributed by atoms with Crippen LogP contribution in [0.1, 0.15) is 44.1 Å². The fourth-order valence-electron chi connectivity index (χ4n) is 6.73. The van der Waals surface area contributed by atoms with E-state index in [-0.39, 0.29) is 23.2 Å². The SMILES string of the molecule is NC1CN(C(=O)CC2(c3ccc(F)cc3)C3CC4CC(C3)CC2C4)C1. The van der Waals surface area contributed by atoms with Gasteiger partial charge >= 0.3 is 0 Å². The standard InChI is InChI=1S/C21H27FN2O/c22-18-3-1-15(2-4-18)21(10-20(25)24-11-19(23)12-24)16-6-13-5-14(8-16)9-17(21)7-13/h1-4,13-14,16-17,19H,5-12,23H2. The van der Waals surface area contributed by atoms with Crippen molar-refractivity contribution >= 4 is 5.91 Å². The van der Waals surface area contributed by atoms with Crippen LogP contribution in [0, 0.1) is 29.5 Å². The molecule has 4 saturated carbocycles. The highest BCUT2D eigenvalue weighted by Crippen LogP contribution is 2.64. The van der Waals surface area contributed by atoms with Crippen LogP contribution < -0.4 is 5.73 Å². The highest BCUT2D eigenvalue weighted by molar-refractivity contribution is 5.79. The van der Waals surface area contributed by atoms with Gasteiger partial charge in [0.2, 0.25) is 5.91 Å². The van der Waals surface area contributed by atoms with Crippen LogP contribution in [0.15, 0.2) is 24.3 Å². The monoisotopic (exact) mass is 342 g/mol. The lowest BCUT2D eigenvalue weighted by Gasteiger charge is -2.62. The summed E-state index contributed by atoms with van der Waals surface area (Å²) < 4.78 is 13.5. The molecule has 134 valence electrons. The Morgan fingerprint density at radius 1 is 1.04 bits per heavy atom. The van der Waals surface area contributed by atoms with Gasteiger partial charge in [0.15, 0.2) is 0 Å². The molecule has 5 aliphatic rings.